The summed E-state index contributed by atoms with van der Waals surface area (Å²) in [6.07, 6.45) is 3.23. The van der Waals surface area contributed by atoms with Crippen LogP contribution in [0.25, 0.3) is 0 Å². The van der Waals surface area contributed by atoms with E-state index in [1.807, 2.05) is 0 Å². The molecule has 8 N–H and O–H groups in total. The quantitative estimate of drug-likeness (QED) is 0.569. The van der Waals surface area contributed by atoms with Gasteiger partial charge in [-0.25, -0.2) is 0 Å². The molecule has 148 valence electrons. The Morgan fingerprint density at radius 2 is 0.880 bits per heavy atom. The number of hydrogen-bond donors (Lipinski definition) is 4. The molecule has 0 aromatic heterocycles. The zero-order valence-electron chi connectivity index (χ0n) is 17.7. The van der Waals surface area contributed by atoms with Crippen molar-refractivity contribution in [2.24, 2.45) is 45.6 Å². The Kier molecular flexibility index (Phi) is 4.77. The summed E-state index contributed by atoms with van der Waals surface area (Å²) in [7, 11) is 0. The fourth-order valence-corrected chi connectivity index (χ4v) is 5.11. The first-order valence-electron chi connectivity index (χ1n) is 9.79. The van der Waals surface area contributed by atoms with E-state index in [2.05, 4.69) is 55.4 Å². The van der Waals surface area contributed by atoms with Gasteiger partial charge in [-0.2, -0.15) is 0 Å². The average Bonchev–Trinajstić information content (AvgIpc) is 2.47. The molecule has 0 amide bonds. The van der Waals surface area contributed by atoms with Gasteiger partial charge in [-0.05, 0) is 62.2 Å². The molecule has 2 aliphatic rings. The van der Waals surface area contributed by atoms with Gasteiger partial charge < -0.3 is 27.7 Å². The Labute approximate surface area is 154 Å². The molecule has 0 saturated heterocycles. The summed E-state index contributed by atoms with van der Waals surface area (Å²) >= 11 is 0. The Morgan fingerprint density at radius 3 is 1.16 bits per heavy atom. The predicted octanol–water partition coefficient (Wildman–Crippen LogP) is 2.66. The average molecular weight is 355 g/mol. The molecule has 2 fully saturated rings. The number of rotatable bonds is 2. The molecular formula is C20H42N4O. The maximum atomic E-state index is 7.04. The third-order valence-electron chi connectivity index (χ3n) is 9.02. The second kappa shape index (κ2) is 5.65. The van der Waals surface area contributed by atoms with Gasteiger partial charge in [0.1, 0.15) is 0 Å². The zero-order chi connectivity index (χ0) is 19.7. The topological polar surface area (TPSA) is 113 Å². The smallest absolute Gasteiger partial charge is 0.0717 e. The molecule has 0 aromatic carbocycles. The molecule has 2 saturated carbocycles. The highest BCUT2D eigenvalue weighted by atomic mass is 16.5. The van der Waals surface area contributed by atoms with E-state index in [1.165, 1.54) is 0 Å². The second-order valence-electron chi connectivity index (χ2n) is 10.7. The van der Waals surface area contributed by atoms with Gasteiger partial charge in [-0.3, -0.25) is 0 Å². The first-order valence-corrected chi connectivity index (χ1v) is 9.79. The van der Waals surface area contributed by atoms with Gasteiger partial charge in [-0.15, -0.1) is 0 Å². The largest absolute Gasteiger partial charge is 0.368 e. The predicted molar refractivity (Wildman–Crippen MR) is 104 cm³/mol. The highest BCUT2D eigenvalue weighted by molar-refractivity contribution is 5.12. The van der Waals surface area contributed by atoms with Crippen LogP contribution in [0, 0.1) is 22.7 Å². The first kappa shape index (κ1) is 21.1. The van der Waals surface area contributed by atoms with Crippen LogP contribution in [0.4, 0.5) is 0 Å². The van der Waals surface area contributed by atoms with Crippen molar-refractivity contribution in [1.82, 2.24) is 0 Å². The maximum absolute atomic E-state index is 7.04. The molecule has 0 aromatic rings. The van der Waals surface area contributed by atoms with Crippen molar-refractivity contribution < 1.29 is 4.74 Å². The SMILES string of the molecule is CC1C(N)(N)CCC(C)(OC2(C)CCC(N)(N)C(C)C2(C)C)C1(C)C. The minimum Gasteiger partial charge on any atom is -0.368 e. The van der Waals surface area contributed by atoms with E-state index in [-0.39, 0.29) is 33.9 Å². The van der Waals surface area contributed by atoms with Crippen LogP contribution < -0.4 is 22.9 Å². The van der Waals surface area contributed by atoms with Crippen molar-refractivity contribution in [3.05, 3.63) is 0 Å². The standard InChI is InChI=1S/C20H42N4O/c1-13-15(3,4)17(7,9-11-19(13,21)22)25-18(8)10-12-20(23,24)14(2)16(18,5)6/h13-14H,9-12,21-24H2,1-8H3. The highest BCUT2D eigenvalue weighted by Crippen LogP contribution is 2.58. The van der Waals surface area contributed by atoms with Crippen LogP contribution in [0.15, 0.2) is 0 Å². The molecule has 0 aliphatic heterocycles. The third kappa shape index (κ3) is 2.96. The van der Waals surface area contributed by atoms with Crippen molar-refractivity contribution in [1.29, 1.82) is 0 Å². The van der Waals surface area contributed by atoms with Gasteiger partial charge in [0.25, 0.3) is 0 Å². The molecule has 0 heterocycles. The zero-order valence-corrected chi connectivity index (χ0v) is 17.7. The highest BCUT2D eigenvalue weighted by Gasteiger charge is 2.61. The van der Waals surface area contributed by atoms with E-state index < -0.39 is 11.3 Å². The van der Waals surface area contributed by atoms with Gasteiger partial charge >= 0.3 is 0 Å². The van der Waals surface area contributed by atoms with E-state index in [1.54, 1.807) is 0 Å². The first-order chi connectivity index (χ1) is 10.9. The maximum Gasteiger partial charge on any atom is 0.0717 e. The van der Waals surface area contributed by atoms with Crippen LogP contribution in [0.2, 0.25) is 0 Å². The van der Waals surface area contributed by atoms with E-state index in [0.717, 1.165) is 25.7 Å². The second-order valence-corrected chi connectivity index (χ2v) is 10.7. The van der Waals surface area contributed by atoms with Gasteiger partial charge in [0.15, 0.2) is 0 Å². The molecular weight excluding hydrogens is 312 g/mol. The molecule has 0 spiro atoms. The summed E-state index contributed by atoms with van der Waals surface area (Å²) in [6, 6.07) is 0. The lowest BCUT2D eigenvalue weighted by molar-refractivity contribution is -0.279. The number of hydrogen-bond acceptors (Lipinski definition) is 5. The summed E-state index contributed by atoms with van der Waals surface area (Å²) in [5, 5.41) is 0. The molecule has 0 radical (unpaired) electrons. The molecule has 4 atom stereocenters. The number of ether oxygens (including phenoxy) is 1. The van der Waals surface area contributed by atoms with E-state index in [4.69, 9.17) is 27.7 Å². The minimum atomic E-state index is -0.647. The summed E-state index contributed by atoms with van der Waals surface area (Å²) in [5.41, 5.74) is 23.4. The summed E-state index contributed by atoms with van der Waals surface area (Å²) in [4.78, 5) is 0. The summed E-state index contributed by atoms with van der Waals surface area (Å²) < 4.78 is 7.04. The lowest BCUT2D eigenvalue weighted by Gasteiger charge is -2.64. The van der Waals surface area contributed by atoms with E-state index in [0.29, 0.717) is 0 Å². The van der Waals surface area contributed by atoms with Crippen molar-refractivity contribution in [3.8, 4) is 0 Å². The van der Waals surface area contributed by atoms with Crippen molar-refractivity contribution in [3.63, 3.8) is 0 Å². The Morgan fingerprint density at radius 1 is 0.600 bits per heavy atom. The minimum absolute atomic E-state index is 0.142. The summed E-state index contributed by atoms with van der Waals surface area (Å²) in [5.74, 6) is 0.296. The third-order valence-corrected chi connectivity index (χ3v) is 9.02. The van der Waals surface area contributed by atoms with Crippen LogP contribution in [0.5, 0.6) is 0 Å². The molecule has 2 aliphatic carbocycles. The van der Waals surface area contributed by atoms with Crippen LogP contribution >= 0.6 is 0 Å². The fraction of sp³-hybridized carbons (Fsp3) is 1.00. The van der Waals surface area contributed by atoms with Gasteiger partial charge in [0, 0.05) is 0 Å². The lowest BCUT2D eigenvalue weighted by Crippen LogP contribution is -2.72. The number of nitrogens with two attached hydrogens (primary N) is 4. The Hall–Kier alpha value is -0.200. The fourth-order valence-electron chi connectivity index (χ4n) is 5.11. The lowest BCUT2D eigenvalue weighted by atomic mass is 9.54. The van der Waals surface area contributed by atoms with Crippen LogP contribution in [-0.4, -0.2) is 22.5 Å². The molecule has 5 heteroatoms. The van der Waals surface area contributed by atoms with Gasteiger partial charge in [0.2, 0.25) is 0 Å². The van der Waals surface area contributed by atoms with Gasteiger partial charge in [-0.1, -0.05) is 41.5 Å². The summed E-state index contributed by atoms with van der Waals surface area (Å²) in [6.45, 7) is 17.7. The molecule has 25 heavy (non-hydrogen) atoms. The van der Waals surface area contributed by atoms with Crippen LogP contribution in [-0.2, 0) is 4.74 Å². The van der Waals surface area contributed by atoms with Crippen molar-refractivity contribution in [2.45, 2.75) is 104 Å². The van der Waals surface area contributed by atoms with E-state index in [9.17, 15) is 0 Å². The normalized spacial score (nSPS) is 45.1. The monoisotopic (exact) mass is 354 g/mol. The van der Waals surface area contributed by atoms with Crippen LogP contribution in [0.1, 0.15) is 81.1 Å². The molecule has 0 bridgehead atoms. The Bertz CT molecular complexity index is 482. The Balaban J connectivity index is 2.37. The molecule has 4 unspecified atom stereocenters. The van der Waals surface area contributed by atoms with E-state index >= 15 is 0 Å². The van der Waals surface area contributed by atoms with Crippen molar-refractivity contribution >= 4 is 0 Å². The van der Waals surface area contributed by atoms with Crippen LogP contribution in [0.3, 0.4) is 0 Å². The van der Waals surface area contributed by atoms with Gasteiger partial charge in [0.05, 0.1) is 22.5 Å². The van der Waals surface area contributed by atoms with Crippen molar-refractivity contribution in [2.75, 3.05) is 0 Å². The molecule has 2 rings (SSSR count). The molecule has 5 nitrogen and oxygen atoms in total.